The van der Waals surface area contributed by atoms with Crippen molar-refractivity contribution >= 4 is 0 Å². The summed E-state index contributed by atoms with van der Waals surface area (Å²) in [6, 6.07) is 0. The first-order valence-corrected chi connectivity index (χ1v) is 6.32. The largest absolute Gasteiger partial charge is 2.00 e. The van der Waals surface area contributed by atoms with E-state index in [0.717, 1.165) is 11.8 Å². The second kappa shape index (κ2) is 8.70. The third-order valence-electron chi connectivity index (χ3n) is 3.08. The summed E-state index contributed by atoms with van der Waals surface area (Å²) in [4.78, 5) is 0. The van der Waals surface area contributed by atoms with Gasteiger partial charge in [-0.05, 0) is 24.7 Å². The normalized spacial score (nSPS) is 16.6. The van der Waals surface area contributed by atoms with Crippen molar-refractivity contribution in [3.63, 3.8) is 0 Å². The topological polar surface area (TPSA) is 0 Å². The maximum absolute atomic E-state index is 2.23. The van der Waals surface area contributed by atoms with Gasteiger partial charge in [0.1, 0.15) is 0 Å². The first-order valence-electron chi connectivity index (χ1n) is 6.32. The Bertz CT molecular complexity index is 303. The van der Waals surface area contributed by atoms with E-state index in [1.54, 1.807) is 11.1 Å². The predicted octanol–water partition coefficient (Wildman–Crippen LogP) is 5.28. The van der Waals surface area contributed by atoms with Crippen molar-refractivity contribution in [2.45, 2.75) is 40.5 Å². The number of hydrogen-bond donors (Lipinski definition) is 0. The van der Waals surface area contributed by atoms with E-state index in [0.29, 0.717) is 0 Å². The van der Waals surface area contributed by atoms with Crippen LogP contribution in [0.2, 0.25) is 0 Å². The van der Waals surface area contributed by atoms with Crippen LogP contribution in [0.25, 0.3) is 0 Å². The van der Waals surface area contributed by atoms with Gasteiger partial charge in [0.25, 0.3) is 0 Å². The van der Waals surface area contributed by atoms with Gasteiger partial charge in [0.15, 0.2) is 0 Å². The van der Waals surface area contributed by atoms with E-state index in [9.17, 15) is 0 Å². The molecule has 0 bridgehead atoms. The van der Waals surface area contributed by atoms with E-state index < -0.39 is 0 Å². The fraction of sp³-hybridized carbons (Fsp3) is 0.500. The summed E-state index contributed by atoms with van der Waals surface area (Å²) in [5, 5.41) is 0. The van der Waals surface area contributed by atoms with Crippen LogP contribution in [0.3, 0.4) is 0 Å². The molecule has 2 rings (SSSR count). The average molecular weight is 402 g/mol. The smallest absolute Gasteiger partial charge is 1.00 e. The maximum Gasteiger partial charge on any atom is 2.00 e. The van der Waals surface area contributed by atoms with Gasteiger partial charge in [-0.1, -0.05) is 75.3 Å². The average Bonchev–Trinajstić information content (AvgIpc) is 2.93. The Morgan fingerprint density at radius 3 is 1.29 bits per heavy atom. The molecule has 2 aliphatic carbocycles. The minimum absolute atomic E-state index is 0. The first-order chi connectivity index (χ1) is 7.61. The van der Waals surface area contributed by atoms with Crippen LogP contribution in [0.5, 0.6) is 0 Å². The Morgan fingerprint density at radius 1 is 0.824 bits per heavy atom. The van der Waals surface area contributed by atoms with Crippen molar-refractivity contribution in [3.05, 3.63) is 47.6 Å². The second-order valence-electron chi connectivity index (χ2n) is 5.06. The van der Waals surface area contributed by atoms with Crippen molar-refractivity contribution < 1.29 is 23.9 Å². The monoisotopic (exact) mass is 402 g/mol. The molecular formula is C16H26W. The van der Waals surface area contributed by atoms with E-state index >= 15 is 0 Å². The number of rotatable bonds is 2. The molecule has 0 N–H and O–H groups in total. The molecule has 0 aromatic heterocycles. The minimum Gasteiger partial charge on any atom is -1.00 e. The molecule has 0 nitrogen and oxygen atoms in total. The van der Waals surface area contributed by atoms with Crippen LogP contribution in [-0.4, -0.2) is 0 Å². The van der Waals surface area contributed by atoms with Crippen molar-refractivity contribution in [2.75, 3.05) is 0 Å². The molecule has 17 heavy (non-hydrogen) atoms. The van der Waals surface area contributed by atoms with E-state index in [1.807, 2.05) is 0 Å². The van der Waals surface area contributed by atoms with Gasteiger partial charge in [-0.15, -0.1) is 0 Å². The van der Waals surface area contributed by atoms with Crippen LogP contribution < -0.4 is 0 Å². The number of allylic oxidation sites excluding steroid dienone is 8. The third kappa shape index (κ3) is 6.22. The first kappa shape index (κ1) is 16.6. The van der Waals surface area contributed by atoms with Gasteiger partial charge in [-0.3, -0.25) is 0 Å². The summed E-state index contributed by atoms with van der Waals surface area (Å²) in [6.07, 6.45) is 15.5. The Morgan fingerprint density at radius 2 is 1.18 bits per heavy atom. The summed E-state index contributed by atoms with van der Waals surface area (Å²) in [7, 11) is 0. The van der Waals surface area contributed by atoms with Gasteiger partial charge in [0.2, 0.25) is 0 Å². The molecule has 0 unspecified atom stereocenters. The summed E-state index contributed by atoms with van der Waals surface area (Å²) in [5.74, 6) is 1.48. The van der Waals surface area contributed by atoms with Crippen molar-refractivity contribution in [2.24, 2.45) is 11.8 Å². The third-order valence-corrected chi connectivity index (χ3v) is 3.08. The summed E-state index contributed by atoms with van der Waals surface area (Å²) in [5.41, 5.74) is 3.12. The molecule has 0 saturated carbocycles. The molecule has 0 heterocycles. The fourth-order valence-electron chi connectivity index (χ4n) is 1.78. The second-order valence-corrected chi connectivity index (χ2v) is 5.06. The zero-order chi connectivity index (χ0) is 12.0. The SMILES string of the molecule is CC(C)C1=CC=CC1.CC(C)C1=CC=CC1.[H-].[H-].[W+2]. The molecule has 96 valence electrons. The quantitative estimate of drug-likeness (QED) is 0.590. The summed E-state index contributed by atoms with van der Waals surface area (Å²) in [6.45, 7) is 8.94. The van der Waals surface area contributed by atoms with Gasteiger partial charge in [0, 0.05) is 0 Å². The van der Waals surface area contributed by atoms with Crippen LogP contribution in [0.1, 0.15) is 43.4 Å². The van der Waals surface area contributed by atoms with Crippen molar-refractivity contribution in [1.82, 2.24) is 0 Å². The van der Waals surface area contributed by atoms with Crippen LogP contribution in [-0.2, 0) is 21.1 Å². The van der Waals surface area contributed by atoms with Crippen LogP contribution in [0.15, 0.2) is 47.6 Å². The maximum atomic E-state index is 2.23. The Balaban J connectivity index is -0.000000233. The molecule has 0 saturated heterocycles. The van der Waals surface area contributed by atoms with Gasteiger partial charge < -0.3 is 2.85 Å². The molecule has 2 aliphatic rings. The summed E-state index contributed by atoms with van der Waals surface area (Å²) < 4.78 is 0. The Kier molecular flexibility index (Phi) is 8.52. The Hall–Kier alpha value is -0.352. The molecule has 1 heteroatoms. The summed E-state index contributed by atoms with van der Waals surface area (Å²) >= 11 is 0. The minimum atomic E-state index is 0. The molecule has 0 aliphatic heterocycles. The van der Waals surface area contributed by atoms with Crippen molar-refractivity contribution in [3.8, 4) is 0 Å². The Labute approximate surface area is 124 Å². The standard InChI is InChI=1S/2C8H12.W.2H/c2*1-7(2)8-5-3-4-6-8;;;/h2*3-5,7H,6H2,1-2H3;;;/q;;+2;2*-1. The molecule has 0 amide bonds. The molecule has 0 atom stereocenters. The molecule has 0 spiro atoms. The zero-order valence-corrected chi connectivity index (χ0v) is 14.4. The van der Waals surface area contributed by atoms with E-state index in [2.05, 4.69) is 64.2 Å². The van der Waals surface area contributed by atoms with Gasteiger partial charge in [-0.2, -0.15) is 0 Å². The van der Waals surface area contributed by atoms with Crippen LogP contribution in [0, 0.1) is 11.8 Å². The molecule has 0 radical (unpaired) electrons. The van der Waals surface area contributed by atoms with E-state index in [1.165, 1.54) is 12.8 Å². The van der Waals surface area contributed by atoms with E-state index in [4.69, 9.17) is 0 Å². The molecule has 0 fully saturated rings. The van der Waals surface area contributed by atoms with Gasteiger partial charge in [0.05, 0.1) is 0 Å². The molecular weight excluding hydrogens is 376 g/mol. The predicted molar refractivity (Wildman–Crippen MR) is 75.6 cm³/mol. The van der Waals surface area contributed by atoms with Crippen LogP contribution in [0.4, 0.5) is 0 Å². The zero-order valence-electron chi connectivity index (χ0n) is 13.4. The van der Waals surface area contributed by atoms with Gasteiger partial charge >= 0.3 is 21.1 Å². The van der Waals surface area contributed by atoms with Crippen LogP contribution >= 0.6 is 0 Å². The molecule has 0 aromatic carbocycles. The van der Waals surface area contributed by atoms with Crippen molar-refractivity contribution in [1.29, 1.82) is 0 Å². The van der Waals surface area contributed by atoms with E-state index in [-0.39, 0.29) is 23.9 Å². The van der Waals surface area contributed by atoms with Gasteiger partial charge in [-0.25, -0.2) is 0 Å². The molecule has 0 aromatic rings. The fourth-order valence-corrected chi connectivity index (χ4v) is 1.78. The number of hydrogen-bond acceptors (Lipinski definition) is 0.